The van der Waals surface area contributed by atoms with Gasteiger partial charge in [0.1, 0.15) is 6.04 Å². The molecule has 0 saturated carbocycles. The fourth-order valence-corrected chi connectivity index (χ4v) is 2.56. The van der Waals surface area contributed by atoms with Crippen LogP contribution in [0.15, 0.2) is 16.8 Å². The summed E-state index contributed by atoms with van der Waals surface area (Å²) in [6.07, 6.45) is 1.96. The van der Waals surface area contributed by atoms with Gasteiger partial charge in [-0.3, -0.25) is 9.69 Å². The molecule has 0 fully saturated rings. The molecule has 0 aliphatic rings. The zero-order valence-electron chi connectivity index (χ0n) is 9.85. The lowest BCUT2D eigenvalue weighted by Crippen LogP contribution is -2.35. The molecule has 1 heterocycles. The van der Waals surface area contributed by atoms with Gasteiger partial charge < -0.3 is 5.11 Å². The topological polar surface area (TPSA) is 40.5 Å². The Hall–Kier alpha value is -0.870. The van der Waals surface area contributed by atoms with E-state index < -0.39 is 12.0 Å². The number of carboxylic acids is 1. The molecule has 1 aromatic rings. The van der Waals surface area contributed by atoms with Gasteiger partial charge in [-0.05, 0) is 48.3 Å². The SMILES string of the molecule is CCCN(CCC)C(C(=O)O)c1ccsc1. The summed E-state index contributed by atoms with van der Waals surface area (Å²) in [6, 6.07) is 1.42. The molecule has 0 aliphatic carbocycles. The maximum absolute atomic E-state index is 11.4. The van der Waals surface area contributed by atoms with Gasteiger partial charge in [0.25, 0.3) is 0 Å². The van der Waals surface area contributed by atoms with Crippen LogP contribution in [0.5, 0.6) is 0 Å². The van der Waals surface area contributed by atoms with Crippen molar-refractivity contribution in [2.75, 3.05) is 13.1 Å². The molecule has 0 aliphatic heterocycles. The maximum Gasteiger partial charge on any atom is 0.325 e. The first kappa shape index (κ1) is 13.2. The highest BCUT2D eigenvalue weighted by molar-refractivity contribution is 7.08. The van der Waals surface area contributed by atoms with Crippen molar-refractivity contribution in [1.82, 2.24) is 4.90 Å². The first-order chi connectivity index (χ1) is 7.70. The predicted octanol–water partition coefficient (Wildman–Crippen LogP) is 3.00. The molecule has 0 saturated heterocycles. The Morgan fingerprint density at radius 3 is 2.44 bits per heavy atom. The van der Waals surface area contributed by atoms with Crippen LogP contribution in [0, 0.1) is 0 Å². The summed E-state index contributed by atoms with van der Waals surface area (Å²) in [5.74, 6) is -0.750. The third kappa shape index (κ3) is 3.32. The molecule has 1 atom stereocenters. The number of aliphatic carboxylic acids is 1. The quantitative estimate of drug-likeness (QED) is 0.797. The fraction of sp³-hybridized carbons (Fsp3) is 0.583. The summed E-state index contributed by atoms with van der Waals surface area (Å²) >= 11 is 1.55. The highest BCUT2D eigenvalue weighted by Gasteiger charge is 2.26. The second kappa shape index (κ2) is 6.66. The Morgan fingerprint density at radius 1 is 1.44 bits per heavy atom. The van der Waals surface area contributed by atoms with Gasteiger partial charge in [0, 0.05) is 0 Å². The summed E-state index contributed by atoms with van der Waals surface area (Å²) in [5.41, 5.74) is 0.902. The standard InChI is InChI=1S/C12H19NO2S/c1-3-6-13(7-4-2)11(12(14)15)10-5-8-16-9-10/h5,8-9,11H,3-4,6-7H2,1-2H3,(H,14,15). The summed E-state index contributed by atoms with van der Waals surface area (Å²) in [6.45, 7) is 5.83. The van der Waals surface area contributed by atoms with E-state index in [4.69, 9.17) is 0 Å². The first-order valence-electron chi connectivity index (χ1n) is 5.69. The van der Waals surface area contributed by atoms with Crippen LogP contribution in [0.4, 0.5) is 0 Å². The molecular weight excluding hydrogens is 222 g/mol. The Morgan fingerprint density at radius 2 is 2.06 bits per heavy atom. The molecule has 3 nitrogen and oxygen atoms in total. The molecule has 16 heavy (non-hydrogen) atoms. The van der Waals surface area contributed by atoms with Gasteiger partial charge in [-0.25, -0.2) is 0 Å². The van der Waals surface area contributed by atoms with Gasteiger partial charge >= 0.3 is 5.97 Å². The second-order valence-corrected chi connectivity index (χ2v) is 4.61. The average Bonchev–Trinajstić information content (AvgIpc) is 2.71. The summed E-state index contributed by atoms with van der Waals surface area (Å²) in [7, 11) is 0. The highest BCUT2D eigenvalue weighted by Crippen LogP contribution is 2.23. The summed E-state index contributed by atoms with van der Waals surface area (Å²) in [4.78, 5) is 13.4. The number of carbonyl (C=O) groups is 1. The van der Waals surface area contributed by atoms with Crippen molar-refractivity contribution >= 4 is 17.3 Å². The van der Waals surface area contributed by atoms with Gasteiger partial charge in [-0.1, -0.05) is 13.8 Å². The monoisotopic (exact) mass is 241 g/mol. The number of nitrogens with zero attached hydrogens (tertiary/aromatic N) is 1. The molecule has 4 heteroatoms. The van der Waals surface area contributed by atoms with Crippen LogP contribution in [0.3, 0.4) is 0 Å². The van der Waals surface area contributed by atoms with Gasteiger partial charge in [-0.2, -0.15) is 11.3 Å². The Bertz CT molecular complexity index is 305. The van der Waals surface area contributed by atoms with Crippen molar-refractivity contribution in [2.45, 2.75) is 32.7 Å². The average molecular weight is 241 g/mol. The molecular formula is C12H19NO2S. The molecule has 0 amide bonds. The maximum atomic E-state index is 11.4. The number of rotatable bonds is 7. The van der Waals surface area contributed by atoms with E-state index in [1.54, 1.807) is 11.3 Å². The number of thiophene rings is 1. The van der Waals surface area contributed by atoms with Gasteiger partial charge in [0.15, 0.2) is 0 Å². The fourth-order valence-electron chi connectivity index (χ4n) is 1.88. The van der Waals surface area contributed by atoms with E-state index in [0.29, 0.717) is 0 Å². The summed E-state index contributed by atoms with van der Waals surface area (Å²) in [5, 5.41) is 13.2. The van der Waals surface area contributed by atoms with E-state index in [1.165, 1.54) is 0 Å². The van der Waals surface area contributed by atoms with E-state index in [2.05, 4.69) is 13.8 Å². The minimum atomic E-state index is -0.750. The van der Waals surface area contributed by atoms with E-state index in [-0.39, 0.29) is 0 Å². The predicted molar refractivity (Wildman–Crippen MR) is 66.9 cm³/mol. The van der Waals surface area contributed by atoms with Crippen LogP contribution in [-0.4, -0.2) is 29.1 Å². The van der Waals surface area contributed by atoms with Crippen LogP contribution < -0.4 is 0 Å². The van der Waals surface area contributed by atoms with Crippen molar-refractivity contribution in [3.05, 3.63) is 22.4 Å². The molecule has 0 aromatic carbocycles. The first-order valence-corrected chi connectivity index (χ1v) is 6.63. The number of carboxylic acid groups (broad SMARTS) is 1. The largest absolute Gasteiger partial charge is 0.480 e. The molecule has 1 N–H and O–H groups in total. The van der Waals surface area contributed by atoms with Crippen molar-refractivity contribution in [3.8, 4) is 0 Å². The molecule has 90 valence electrons. The molecule has 1 aromatic heterocycles. The molecule has 1 rings (SSSR count). The van der Waals surface area contributed by atoms with Crippen LogP contribution >= 0.6 is 11.3 Å². The Labute approximate surface area is 101 Å². The number of hydrogen-bond acceptors (Lipinski definition) is 3. The molecule has 0 spiro atoms. The number of hydrogen-bond donors (Lipinski definition) is 1. The lowest BCUT2D eigenvalue weighted by molar-refractivity contribution is -0.143. The van der Waals surface area contributed by atoms with Gasteiger partial charge in [0.2, 0.25) is 0 Å². The summed E-state index contributed by atoms with van der Waals surface area (Å²) < 4.78 is 0. The molecule has 0 radical (unpaired) electrons. The van der Waals surface area contributed by atoms with Crippen LogP contribution in [0.1, 0.15) is 38.3 Å². The minimum Gasteiger partial charge on any atom is -0.480 e. The van der Waals surface area contributed by atoms with E-state index >= 15 is 0 Å². The van der Waals surface area contributed by atoms with Gasteiger partial charge in [-0.15, -0.1) is 0 Å². The highest BCUT2D eigenvalue weighted by atomic mass is 32.1. The van der Waals surface area contributed by atoms with Crippen molar-refractivity contribution in [3.63, 3.8) is 0 Å². The normalized spacial score (nSPS) is 12.9. The van der Waals surface area contributed by atoms with Crippen LogP contribution in [-0.2, 0) is 4.79 Å². The van der Waals surface area contributed by atoms with Crippen LogP contribution in [0.2, 0.25) is 0 Å². The minimum absolute atomic E-state index is 0.480. The second-order valence-electron chi connectivity index (χ2n) is 3.83. The third-order valence-corrected chi connectivity index (χ3v) is 3.18. The van der Waals surface area contributed by atoms with Crippen molar-refractivity contribution in [1.29, 1.82) is 0 Å². The zero-order chi connectivity index (χ0) is 12.0. The van der Waals surface area contributed by atoms with Crippen molar-refractivity contribution in [2.24, 2.45) is 0 Å². The lowest BCUT2D eigenvalue weighted by Gasteiger charge is -2.27. The Kier molecular flexibility index (Phi) is 5.49. The van der Waals surface area contributed by atoms with E-state index in [0.717, 1.165) is 31.5 Å². The molecule has 0 bridgehead atoms. The van der Waals surface area contributed by atoms with E-state index in [9.17, 15) is 9.90 Å². The van der Waals surface area contributed by atoms with E-state index in [1.807, 2.05) is 21.7 Å². The van der Waals surface area contributed by atoms with Gasteiger partial charge in [0.05, 0.1) is 0 Å². The smallest absolute Gasteiger partial charge is 0.325 e. The third-order valence-electron chi connectivity index (χ3n) is 2.48. The zero-order valence-corrected chi connectivity index (χ0v) is 10.7. The Balaban J connectivity index is 2.85. The molecule has 1 unspecified atom stereocenters. The van der Waals surface area contributed by atoms with Crippen molar-refractivity contribution < 1.29 is 9.90 Å². The lowest BCUT2D eigenvalue weighted by atomic mass is 10.1. The van der Waals surface area contributed by atoms with Crippen LogP contribution in [0.25, 0.3) is 0 Å².